The van der Waals surface area contributed by atoms with E-state index in [2.05, 4.69) is 49.8 Å². The average molecular weight is 409 g/mol. The highest BCUT2D eigenvalue weighted by Crippen LogP contribution is 2.30. The molecule has 0 atom stereocenters. The molecule has 2 aromatic rings. The molecule has 5 nitrogen and oxygen atoms in total. The first-order valence-corrected chi connectivity index (χ1v) is 10.4. The molecule has 30 heavy (non-hydrogen) atoms. The minimum absolute atomic E-state index is 0.00438. The molecule has 1 heterocycles. The summed E-state index contributed by atoms with van der Waals surface area (Å²) in [6.45, 7) is 9.98. The molecule has 3 rings (SSSR count). The van der Waals surface area contributed by atoms with E-state index in [1.807, 2.05) is 12.1 Å². The third-order valence-corrected chi connectivity index (χ3v) is 5.60. The quantitative estimate of drug-likeness (QED) is 0.589. The SMILES string of the molecule is COc1ccc(C(C)(C)C)cc1C=CC(=O)c1ccc(O)cc1N1CCN(C)CC1. The molecular weight excluding hydrogens is 376 g/mol. The molecule has 0 radical (unpaired) electrons. The largest absolute Gasteiger partial charge is 0.508 e. The van der Waals surface area contributed by atoms with Crippen molar-refractivity contribution in [3.63, 3.8) is 0 Å². The lowest BCUT2D eigenvalue weighted by molar-refractivity contribution is 0.104. The molecule has 1 saturated heterocycles. The van der Waals surface area contributed by atoms with Crippen molar-refractivity contribution in [2.24, 2.45) is 0 Å². The zero-order valence-corrected chi connectivity index (χ0v) is 18.6. The Hall–Kier alpha value is -2.79. The zero-order valence-electron chi connectivity index (χ0n) is 18.6. The molecule has 0 bridgehead atoms. The second kappa shape index (κ2) is 8.92. The van der Waals surface area contributed by atoms with Crippen molar-refractivity contribution < 1.29 is 14.6 Å². The Morgan fingerprint density at radius 2 is 1.77 bits per heavy atom. The van der Waals surface area contributed by atoms with Gasteiger partial charge in [0, 0.05) is 43.4 Å². The second-order valence-corrected chi connectivity index (χ2v) is 8.90. The molecule has 5 heteroatoms. The number of phenols is 1. The fraction of sp³-hybridized carbons (Fsp3) is 0.400. The number of benzene rings is 2. The zero-order chi connectivity index (χ0) is 21.9. The lowest BCUT2D eigenvalue weighted by Crippen LogP contribution is -2.44. The maximum Gasteiger partial charge on any atom is 0.187 e. The number of nitrogens with zero attached hydrogens (tertiary/aromatic N) is 2. The van der Waals surface area contributed by atoms with Crippen LogP contribution in [-0.4, -0.2) is 56.1 Å². The van der Waals surface area contributed by atoms with Gasteiger partial charge in [0.15, 0.2) is 5.78 Å². The normalized spacial score (nSPS) is 15.6. The minimum Gasteiger partial charge on any atom is -0.508 e. The fourth-order valence-electron chi connectivity index (χ4n) is 3.62. The van der Waals surface area contributed by atoms with Crippen LogP contribution in [0.2, 0.25) is 0 Å². The van der Waals surface area contributed by atoms with Crippen LogP contribution in [0.15, 0.2) is 42.5 Å². The van der Waals surface area contributed by atoms with Crippen LogP contribution in [0.4, 0.5) is 5.69 Å². The van der Waals surface area contributed by atoms with E-state index in [-0.39, 0.29) is 16.9 Å². The third-order valence-electron chi connectivity index (χ3n) is 5.60. The number of phenolic OH excluding ortho intramolecular Hbond substituents is 1. The minimum atomic E-state index is -0.0906. The van der Waals surface area contributed by atoms with Gasteiger partial charge in [-0.15, -0.1) is 0 Å². The lowest BCUT2D eigenvalue weighted by atomic mass is 9.86. The van der Waals surface area contributed by atoms with Crippen molar-refractivity contribution in [2.45, 2.75) is 26.2 Å². The number of ether oxygens (including phenoxy) is 1. The van der Waals surface area contributed by atoms with Gasteiger partial charge in [0.25, 0.3) is 0 Å². The maximum atomic E-state index is 13.1. The first-order chi connectivity index (χ1) is 14.2. The van der Waals surface area contributed by atoms with Gasteiger partial charge >= 0.3 is 0 Å². The summed E-state index contributed by atoms with van der Waals surface area (Å²) in [5.74, 6) is 0.813. The number of aromatic hydroxyl groups is 1. The van der Waals surface area contributed by atoms with E-state index in [1.54, 1.807) is 31.4 Å². The number of likely N-dealkylation sites (N-methyl/N-ethyl adjacent to an activating group) is 1. The van der Waals surface area contributed by atoms with Crippen LogP contribution in [0.3, 0.4) is 0 Å². The topological polar surface area (TPSA) is 53.0 Å². The van der Waals surface area contributed by atoms with Crippen LogP contribution in [0.1, 0.15) is 42.3 Å². The summed E-state index contributed by atoms with van der Waals surface area (Å²) >= 11 is 0. The Balaban J connectivity index is 1.90. The van der Waals surface area contributed by atoms with Crippen LogP contribution in [0.25, 0.3) is 6.08 Å². The van der Waals surface area contributed by atoms with Crippen molar-refractivity contribution >= 4 is 17.5 Å². The van der Waals surface area contributed by atoms with Gasteiger partial charge < -0.3 is 19.6 Å². The summed E-state index contributed by atoms with van der Waals surface area (Å²) in [5.41, 5.74) is 3.44. The maximum absolute atomic E-state index is 13.1. The highest BCUT2D eigenvalue weighted by atomic mass is 16.5. The lowest BCUT2D eigenvalue weighted by Gasteiger charge is -2.35. The number of anilines is 1. The molecule has 0 unspecified atom stereocenters. The first kappa shape index (κ1) is 21.9. The van der Waals surface area contributed by atoms with E-state index in [0.29, 0.717) is 5.56 Å². The highest BCUT2D eigenvalue weighted by molar-refractivity contribution is 6.10. The predicted molar refractivity (Wildman–Crippen MR) is 123 cm³/mol. The molecule has 1 aliphatic heterocycles. The van der Waals surface area contributed by atoms with Gasteiger partial charge in [-0.1, -0.05) is 26.8 Å². The Morgan fingerprint density at radius 1 is 1.07 bits per heavy atom. The average Bonchev–Trinajstić information content (AvgIpc) is 2.71. The Bertz CT molecular complexity index is 936. The highest BCUT2D eigenvalue weighted by Gasteiger charge is 2.20. The number of carbonyl (C=O) groups excluding carboxylic acids is 1. The molecule has 2 aromatic carbocycles. The molecule has 1 fully saturated rings. The van der Waals surface area contributed by atoms with E-state index in [0.717, 1.165) is 43.2 Å². The van der Waals surface area contributed by atoms with Gasteiger partial charge in [-0.3, -0.25) is 4.79 Å². The molecule has 0 saturated carbocycles. The van der Waals surface area contributed by atoms with Gasteiger partial charge in [0.2, 0.25) is 0 Å². The molecule has 0 aliphatic carbocycles. The molecule has 0 aromatic heterocycles. The molecule has 1 N–H and O–H groups in total. The number of hydrogen-bond acceptors (Lipinski definition) is 5. The van der Waals surface area contributed by atoms with Crippen LogP contribution in [0.5, 0.6) is 11.5 Å². The van der Waals surface area contributed by atoms with Gasteiger partial charge in [-0.25, -0.2) is 0 Å². The molecule has 0 spiro atoms. The number of piperazine rings is 1. The molecule has 160 valence electrons. The molecule has 1 aliphatic rings. The van der Waals surface area contributed by atoms with Crippen molar-refractivity contribution in [1.29, 1.82) is 0 Å². The van der Waals surface area contributed by atoms with Gasteiger partial charge in [-0.05, 0) is 54.4 Å². The van der Waals surface area contributed by atoms with Crippen molar-refractivity contribution in [3.8, 4) is 11.5 Å². The smallest absolute Gasteiger partial charge is 0.187 e. The summed E-state index contributed by atoms with van der Waals surface area (Å²) in [6.07, 6.45) is 3.41. The monoisotopic (exact) mass is 408 g/mol. The van der Waals surface area contributed by atoms with Crippen molar-refractivity contribution in [1.82, 2.24) is 4.90 Å². The van der Waals surface area contributed by atoms with Crippen LogP contribution in [-0.2, 0) is 5.41 Å². The fourth-order valence-corrected chi connectivity index (χ4v) is 3.62. The summed E-state index contributed by atoms with van der Waals surface area (Å²) in [6, 6.07) is 11.0. The third kappa shape index (κ3) is 5.03. The van der Waals surface area contributed by atoms with Crippen molar-refractivity contribution in [2.75, 3.05) is 45.2 Å². The molecular formula is C25H32N2O3. The van der Waals surface area contributed by atoms with E-state index in [1.165, 1.54) is 5.56 Å². The Labute approximate surface area is 179 Å². The number of hydrogen-bond donors (Lipinski definition) is 1. The van der Waals surface area contributed by atoms with Crippen LogP contribution >= 0.6 is 0 Å². The van der Waals surface area contributed by atoms with E-state index in [9.17, 15) is 9.90 Å². The summed E-state index contributed by atoms with van der Waals surface area (Å²) < 4.78 is 5.49. The van der Waals surface area contributed by atoms with E-state index < -0.39 is 0 Å². The van der Waals surface area contributed by atoms with E-state index >= 15 is 0 Å². The summed E-state index contributed by atoms with van der Waals surface area (Å²) in [4.78, 5) is 17.5. The van der Waals surface area contributed by atoms with Crippen molar-refractivity contribution in [3.05, 3.63) is 59.2 Å². The van der Waals surface area contributed by atoms with Gasteiger partial charge in [0.05, 0.1) is 12.8 Å². The predicted octanol–water partition coefficient (Wildman–Crippen LogP) is 4.35. The number of carbonyl (C=O) groups is 1. The standard InChI is InChI=1S/C25H32N2O3/c1-25(2,3)19-7-11-24(30-5)18(16-19)6-10-23(29)21-9-8-20(28)17-22(21)27-14-12-26(4)13-15-27/h6-11,16-17,28H,12-15H2,1-5H3. The van der Waals surface area contributed by atoms with Gasteiger partial charge in [-0.2, -0.15) is 0 Å². The number of methoxy groups -OCH3 is 1. The number of rotatable bonds is 5. The molecule has 0 amide bonds. The van der Waals surface area contributed by atoms with Crippen LogP contribution in [0, 0.1) is 0 Å². The number of ketones is 1. The van der Waals surface area contributed by atoms with E-state index in [4.69, 9.17) is 4.74 Å². The number of allylic oxidation sites excluding steroid dienone is 1. The summed E-state index contributed by atoms with van der Waals surface area (Å²) in [5, 5.41) is 10.0. The van der Waals surface area contributed by atoms with Crippen LogP contribution < -0.4 is 9.64 Å². The Morgan fingerprint density at radius 3 is 2.40 bits per heavy atom. The van der Waals surface area contributed by atoms with Gasteiger partial charge in [0.1, 0.15) is 11.5 Å². The second-order valence-electron chi connectivity index (χ2n) is 8.90. The Kier molecular flexibility index (Phi) is 6.52. The first-order valence-electron chi connectivity index (χ1n) is 10.4. The summed E-state index contributed by atoms with van der Waals surface area (Å²) in [7, 11) is 3.73.